The smallest absolute Gasteiger partial charge is 0.271 e. The Labute approximate surface area is 288 Å². The van der Waals surface area contributed by atoms with Gasteiger partial charge >= 0.3 is 0 Å². The second-order valence-electron chi connectivity index (χ2n) is 11.7. The Bertz CT molecular complexity index is 2060. The van der Waals surface area contributed by atoms with Crippen LogP contribution in [-0.4, -0.2) is 32.8 Å². The topological polar surface area (TPSA) is 121 Å². The molecule has 0 unspecified atom stereocenters. The number of aliphatic hydroxyl groups is 1. The zero-order valence-electron chi connectivity index (χ0n) is 26.5. The van der Waals surface area contributed by atoms with Crippen LogP contribution in [-0.2, 0) is 22.6 Å². The average Bonchev–Trinajstić information content (AvgIpc) is 3.16. The molecule has 0 saturated carbocycles. The van der Waals surface area contributed by atoms with Crippen molar-refractivity contribution in [3.8, 4) is 11.1 Å². The van der Waals surface area contributed by atoms with Crippen molar-refractivity contribution in [3.63, 3.8) is 0 Å². The van der Waals surface area contributed by atoms with E-state index in [0.717, 1.165) is 43.6 Å². The third-order valence-electron chi connectivity index (χ3n) is 8.45. The van der Waals surface area contributed by atoms with Crippen molar-refractivity contribution in [1.29, 1.82) is 0 Å². The van der Waals surface area contributed by atoms with Crippen LogP contribution in [0.15, 0.2) is 133 Å². The molecule has 7 rings (SSSR count). The summed E-state index contributed by atoms with van der Waals surface area (Å²) in [5.74, 6) is 0.292. The lowest BCUT2D eigenvalue weighted by molar-refractivity contribution is -0.645. The molecule has 1 amide bonds. The normalized spacial score (nSPS) is 17.5. The standard InChI is InChI=1S/C39H34N4O5S/c44-24-26-12-14-28(15-13-26)36-21-31(25-49-37-11-5-6-20-43(37)46)47-39(48-36)29-18-16-27(17-19-29)32-8-2-1-7-30(32)22-41-38(45)35-23-40-33-9-3-4-10-34(33)42-35/h1-20,23,31,36,39,44H,21-22,24-25H2,(H,41,45)/t31-,36+,39+/m0/s1. The van der Waals surface area contributed by atoms with E-state index in [4.69, 9.17) is 9.47 Å². The fourth-order valence-corrected chi connectivity index (χ4v) is 6.77. The molecule has 0 aliphatic carbocycles. The molecule has 2 aromatic heterocycles. The molecule has 2 N–H and O–H groups in total. The highest BCUT2D eigenvalue weighted by Gasteiger charge is 2.32. The predicted octanol–water partition coefficient (Wildman–Crippen LogP) is 6.69. The molecule has 0 radical (unpaired) electrons. The molecule has 6 aromatic rings. The number of rotatable bonds is 10. The largest absolute Gasteiger partial charge is 0.618 e. The van der Waals surface area contributed by atoms with E-state index >= 15 is 0 Å². The van der Waals surface area contributed by atoms with E-state index < -0.39 is 6.29 Å². The maximum atomic E-state index is 13.0. The maximum Gasteiger partial charge on any atom is 0.271 e. The highest BCUT2D eigenvalue weighted by molar-refractivity contribution is 7.99. The van der Waals surface area contributed by atoms with Gasteiger partial charge in [-0.15, -0.1) is 0 Å². The quantitative estimate of drug-likeness (QED) is 0.0940. The number of benzene rings is 4. The summed E-state index contributed by atoms with van der Waals surface area (Å²) < 4.78 is 13.9. The van der Waals surface area contributed by atoms with Gasteiger partial charge in [-0.25, -0.2) is 4.98 Å². The second kappa shape index (κ2) is 15.0. The fraction of sp³-hybridized carbons (Fsp3) is 0.179. The van der Waals surface area contributed by atoms with Crippen LogP contribution >= 0.6 is 11.8 Å². The van der Waals surface area contributed by atoms with Crippen LogP contribution in [0.3, 0.4) is 0 Å². The minimum atomic E-state index is -0.622. The van der Waals surface area contributed by atoms with Crippen LogP contribution in [0, 0.1) is 5.21 Å². The molecule has 3 atom stereocenters. The number of nitrogens with zero attached hydrogens (tertiary/aromatic N) is 3. The number of hydrogen-bond donors (Lipinski definition) is 2. The molecule has 1 aliphatic heterocycles. The number of ether oxygens (including phenoxy) is 2. The lowest BCUT2D eigenvalue weighted by Crippen LogP contribution is -2.32. The van der Waals surface area contributed by atoms with E-state index in [-0.39, 0.29) is 30.4 Å². The number of aliphatic hydroxyl groups excluding tert-OH is 1. The zero-order chi connectivity index (χ0) is 33.6. The summed E-state index contributed by atoms with van der Waals surface area (Å²) in [4.78, 5) is 21.8. The van der Waals surface area contributed by atoms with Crippen molar-refractivity contribution in [2.45, 2.75) is 43.1 Å². The molecule has 0 bridgehead atoms. The van der Waals surface area contributed by atoms with Gasteiger partial charge in [-0.1, -0.05) is 96.7 Å². The fourth-order valence-electron chi connectivity index (χ4n) is 5.83. The number of para-hydroxylation sites is 2. The Morgan fingerprint density at radius 1 is 0.878 bits per heavy atom. The summed E-state index contributed by atoms with van der Waals surface area (Å²) in [7, 11) is 0. The van der Waals surface area contributed by atoms with Crippen LogP contribution in [0.2, 0.25) is 0 Å². The van der Waals surface area contributed by atoms with Crippen LogP contribution in [0.5, 0.6) is 0 Å². The molecule has 246 valence electrons. The van der Waals surface area contributed by atoms with Crippen LogP contribution in [0.1, 0.15) is 51.6 Å². The van der Waals surface area contributed by atoms with E-state index in [9.17, 15) is 15.1 Å². The van der Waals surface area contributed by atoms with Crippen molar-refractivity contribution in [1.82, 2.24) is 15.3 Å². The van der Waals surface area contributed by atoms with Gasteiger partial charge in [-0.3, -0.25) is 9.78 Å². The van der Waals surface area contributed by atoms with Gasteiger partial charge in [0, 0.05) is 36.4 Å². The summed E-state index contributed by atoms with van der Waals surface area (Å²) in [6.07, 6.45) is 2.58. The molecule has 3 heterocycles. The van der Waals surface area contributed by atoms with E-state index in [0.29, 0.717) is 29.3 Å². The van der Waals surface area contributed by atoms with Gasteiger partial charge in [-0.2, -0.15) is 4.73 Å². The molecular weight excluding hydrogens is 637 g/mol. The van der Waals surface area contributed by atoms with Gasteiger partial charge in [0.2, 0.25) is 0 Å². The van der Waals surface area contributed by atoms with E-state index in [1.165, 1.54) is 24.2 Å². The molecule has 10 heteroatoms. The second-order valence-corrected chi connectivity index (χ2v) is 12.8. The first-order valence-electron chi connectivity index (χ1n) is 16.0. The maximum absolute atomic E-state index is 13.0. The number of nitrogens with one attached hydrogen (secondary N) is 1. The molecule has 9 nitrogen and oxygen atoms in total. The summed E-state index contributed by atoms with van der Waals surface area (Å²) in [5.41, 5.74) is 7.33. The zero-order valence-corrected chi connectivity index (χ0v) is 27.3. The molecular formula is C39H34N4O5S. The van der Waals surface area contributed by atoms with E-state index in [1.807, 2.05) is 103 Å². The van der Waals surface area contributed by atoms with Gasteiger partial charge in [0.1, 0.15) is 5.69 Å². The molecule has 4 aromatic carbocycles. The molecule has 49 heavy (non-hydrogen) atoms. The predicted molar refractivity (Wildman–Crippen MR) is 187 cm³/mol. The third-order valence-corrected chi connectivity index (χ3v) is 9.60. The Morgan fingerprint density at radius 2 is 1.61 bits per heavy atom. The Morgan fingerprint density at radius 3 is 2.41 bits per heavy atom. The van der Waals surface area contributed by atoms with Gasteiger partial charge in [0.25, 0.3) is 10.9 Å². The van der Waals surface area contributed by atoms with E-state index in [2.05, 4.69) is 15.3 Å². The molecule has 0 spiro atoms. The van der Waals surface area contributed by atoms with Crippen LogP contribution in [0.25, 0.3) is 22.2 Å². The van der Waals surface area contributed by atoms with Gasteiger partial charge < -0.3 is 25.1 Å². The monoisotopic (exact) mass is 670 g/mol. The summed E-state index contributed by atoms with van der Waals surface area (Å²) in [6.45, 7) is 0.297. The van der Waals surface area contributed by atoms with Crippen molar-refractivity contribution in [2.75, 3.05) is 5.75 Å². The van der Waals surface area contributed by atoms with Crippen molar-refractivity contribution in [2.24, 2.45) is 0 Å². The number of fused-ring (bicyclic) bond motifs is 1. The van der Waals surface area contributed by atoms with Crippen LogP contribution in [0.4, 0.5) is 0 Å². The SMILES string of the molecule is O=C(NCc1ccccc1-c1ccc([C@@H]2O[C@H](CSc3cccc[n+]3[O-])C[C@H](c3ccc(CO)cc3)O2)cc1)c1cnc2ccccc2n1. The first kappa shape index (κ1) is 32.4. The van der Waals surface area contributed by atoms with Crippen molar-refractivity contribution in [3.05, 3.63) is 161 Å². The van der Waals surface area contributed by atoms with Crippen molar-refractivity contribution >= 4 is 28.7 Å². The highest BCUT2D eigenvalue weighted by atomic mass is 32.2. The van der Waals surface area contributed by atoms with Crippen molar-refractivity contribution < 1.29 is 24.1 Å². The Hall–Kier alpha value is -5.13. The van der Waals surface area contributed by atoms with Crippen LogP contribution < -0.4 is 10.0 Å². The number of carbonyl (C=O) groups is 1. The molecule has 1 saturated heterocycles. The minimum Gasteiger partial charge on any atom is -0.618 e. The lowest BCUT2D eigenvalue weighted by Gasteiger charge is -2.36. The average molecular weight is 671 g/mol. The highest BCUT2D eigenvalue weighted by Crippen LogP contribution is 2.40. The minimum absolute atomic E-state index is 0.0237. The van der Waals surface area contributed by atoms with Gasteiger partial charge in [0.15, 0.2) is 12.5 Å². The number of hydrogen-bond acceptors (Lipinski definition) is 8. The number of thioether (sulfide) groups is 1. The molecule has 1 aliphatic rings. The lowest BCUT2D eigenvalue weighted by atomic mass is 9.97. The number of pyridine rings is 1. The van der Waals surface area contributed by atoms with Gasteiger partial charge in [0.05, 0.1) is 36.0 Å². The first-order chi connectivity index (χ1) is 24.0. The number of amides is 1. The number of carbonyl (C=O) groups excluding carboxylic acids is 1. The summed E-state index contributed by atoms with van der Waals surface area (Å²) >= 11 is 1.46. The summed E-state index contributed by atoms with van der Waals surface area (Å²) in [6, 6.07) is 36.6. The molecule has 1 fully saturated rings. The third kappa shape index (κ3) is 7.63. The Balaban J connectivity index is 1.07. The first-order valence-corrected chi connectivity index (χ1v) is 17.0. The van der Waals surface area contributed by atoms with Gasteiger partial charge in [-0.05, 0) is 46.0 Å². The Kier molecular flexibility index (Phi) is 9.90. The van der Waals surface area contributed by atoms with E-state index in [1.54, 1.807) is 12.1 Å². The summed E-state index contributed by atoms with van der Waals surface area (Å²) in [5, 5.41) is 25.4. The number of aromatic nitrogens is 3.